The predicted molar refractivity (Wildman–Crippen MR) is 99.7 cm³/mol. The fourth-order valence-corrected chi connectivity index (χ4v) is 2.09. The lowest BCUT2D eigenvalue weighted by Crippen LogP contribution is -2.14. The number of ether oxygens (including phenoxy) is 2. The number of methoxy groups -OCH3 is 1. The van der Waals surface area contributed by atoms with Gasteiger partial charge in [-0.25, -0.2) is 9.79 Å². The molecule has 2 aromatic rings. The first kappa shape index (κ1) is 18.5. The Hall–Kier alpha value is -2.82. The van der Waals surface area contributed by atoms with Gasteiger partial charge in [-0.3, -0.25) is 0 Å². The van der Waals surface area contributed by atoms with Crippen LogP contribution in [0.4, 0.5) is 5.69 Å². The van der Waals surface area contributed by atoms with Crippen LogP contribution in [0.2, 0.25) is 0 Å². The van der Waals surface area contributed by atoms with Crippen molar-refractivity contribution in [3.05, 3.63) is 59.2 Å². The smallest absolute Gasteiger partial charge is 0.342 e. The topological polar surface area (TPSA) is 51.1 Å². The fourth-order valence-electron chi connectivity index (χ4n) is 2.09. The van der Waals surface area contributed by atoms with E-state index in [-0.39, 0.29) is 6.61 Å². The zero-order valence-electron chi connectivity index (χ0n) is 15.2. The summed E-state index contributed by atoms with van der Waals surface area (Å²) >= 11 is 0. The molecule has 0 N–H and O–H groups in total. The minimum Gasteiger partial charge on any atom is -0.496 e. The van der Waals surface area contributed by atoms with Crippen LogP contribution in [0.3, 0.4) is 0 Å². The molecule has 0 saturated heterocycles. The number of esters is 1. The Morgan fingerprint density at radius 3 is 2.56 bits per heavy atom. The molecule has 2 rings (SSSR count). The lowest BCUT2D eigenvalue weighted by atomic mass is 10.1. The van der Waals surface area contributed by atoms with E-state index in [9.17, 15) is 4.79 Å². The van der Waals surface area contributed by atoms with Gasteiger partial charge < -0.3 is 14.4 Å². The molecule has 0 aliphatic heterocycles. The molecule has 0 radical (unpaired) electrons. The van der Waals surface area contributed by atoms with Gasteiger partial charge in [0.2, 0.25) is 0 Å². The number of carbonyl (C=O) groups excluding carboxylic acids is 1. The summed E-state index contributed by atoms with van der Waals surface area (Å²) in [5.74, 6) is 0.0290. The van der Waals surface area contributed by atoms with Crippen molar-refractivity contribution in [3.63, 3.8) is 0 Å². The van der Waals surface area contributed by atoms with Crippen molar-refractivity contribution < 1.29 is 14.3 Å². The van der Waals surface area contributed by atoms with Gasteiger partial charge in [-0.1, -0.05) is 29.8 Å². The van der Waals surface area contributed by atoms with Crippen LogP contribution in [-0.2, 0) is 11.3 Å². The van der Waals surface area contributed by atoms with Crippen LogP contribution in [-0.4, -0.2) is 37.9 Å². The van der Waals surface area contributed by atoms with Crippen LogP contribution in [0.25, 0.3) is 0 Å². The SMILES string of the molecule is CCN(C)/C=N/c1ccc(C(=O)OCc2ccc(C)cc2)c(OC)c1. The Labute approximate surface area is 148 Å². The van der Waals surface area contributed by atoms with E-state index in [2.05, 4.69) is 4.99 Å². The standard InChI is InChI=1S/C20H24N2O3/c1-5-22(3)14-21-17-10-11-18(19(12-17)24-4)20(23)25-13-16-8-6-15(2)7-9-16/h6-12,14H,5,13H2,1-4H3/b21-14+. The number of hydrogen-bond donors (Lipinski definition) is 0. The van der Waals surface area contributed by atoms with E-state index in [0.717, 1.165) is 12.1 Å². The molecule has 0 aliphatic carbocycles. The van der Waals surface area contributed by atoms with Gasteiger partial charge in [0.25, 0.3) is 0 Å². The summed E-state index contributed by atoms with van der Waals surface area (Å²) < 4.78 is 10.7. The molecule has 0 saturated carbocycles. The zero-order valence-corrected chi connectivity index (χ0v) is 15.2. The number of nitrogens with zero attached hydrogens (tertiary/aromatic N) is 2. The van der Waals surface area contributed by atoms with Crippen molar-refractivity contribution in [1.29, 1.82) is 0 Å². The van der Waals surface area contributed by atoms with E-state index < -0.39 is 5.97 Å². The predicted octanol–water partition coefficient (Wildman–Crippen LogP) is 3.97. The average molecular weight is 340 g/mol. The third kappa shape index (κ3) is 5.35. The molecule has 0 spiro atoms. The summed E-state index contributed by atoms with van der Waals surface area (Å²) in [5, 5.41) is 0. The maximum absolute atomic E-state index is 12.3. The van der Waals surface area contributed by atoms with Crippen LogP contribution in [0, 0.1) is 6.92 Å². The molecule has 0 aliphatic rings. The molecule has 5 nitrogen and oxygen atoms in total. The number of benzene rings is 2. The molecule has 0 atom stereocenters. The van der Waals surface area contributed by atoms with Crippen LogP contribution in [0.1, 0.15) is 28.4 Å². The molecular formula is C20H24N2O3. The van der Waals surface area contributed by atoms with Gasteiger partial charge in [0.15, 0.2) is 0 Å². The molecule has 2 aromatic carbocycles. The van der Waals surface area contributed by atoms with Crippen molar-refractivity contribution >= 4 is 18.0 Å². The summed E-state index contributed by atoms with van der Waals surface area (Å²) in [7, 11) is 3.47. The summed E-state index contributed by atoms with van der Waals surface area (Å²) in [6.45, 7) is 5.15. The molecular weight excluding hydrogens is 316 g/mol. The first-order valence-corrected chi connectivity index (χ1v) is 8.18. The molecule has 5 heteroatoms. The van der Waals surface area contributed by atoms with Crippen LogP contribution >= 0.6 is 0 Å². The maximum Gasteiger partial charge on any atom is 0.342 e. The highest BCUT2D eigenvalue weighted by Gasteiger charge is 2.14. The van der Waals surface area contributed by atoms with E-state index in [0.29, 0.717) is 17.0 Å². The van der Waals surface area contributed by atoms with Crippen LogP contribution in [0.5, 0.6) is 5.75 Å². The summed E-state index contributed by atoms with van der Waals surface area (Å²) in [6, 6.07) is 13.0. The van der Waals surface area contributed by atoms with Gasteiger partial charge in [0.1, 0.15) is 17.9 Å². The van der Waals surface area contributed by atoms with Gasteiger partial charge >= 0.3 is 5.97 Å². The number of hydrogen-bond acceptors (Lipinski definition) is 4. The fraction of sp³-hybridized carbons (Fsp3) is 0.300. The van der Waals surface area contributed by atoms with E-state index in [1.165, 1.54) is 12.7 Å². The number of carbonyl (C=O) groups is 1. The Morgan fingerprint density at radius 2 is 1.92 bits per heavy atom. The minimum atomic E-state index is -0.418. The van der Waals surface area contributed by atoms with Gasteiger partial charge in [-0.15, -0.1) is 0 Å². The lowest BCUT2D eigenvalue weighted by molar-refractivity contribution is 0.0469. The first-order valence-electron chi connectivity index (χ1n) is 8.18. The second-order valence-corrected chi connectivity index (χ2v) is 5.76. The molecule has 0 unspecified atom stereocenters. The van der Waals surface area contributed by atoms with Crippen molar-refractivity contribution in [2.45, 2.75) is 20.5 Å². The summed E-state index contributed by atoms with van der Waals surface area (Å²) in [6.07, 6.45) is 1.74. The van der Waals surface area contributed by atoms with E-state index in [1.807, 2.05) is 50.1 Å². The lowest BCUT2D eigenvalue weighted by Gasteiger charge is -2.11. The first-order chi connectivity index (χ1) is 12.0. The maximum atomic E-state index is 12.3. The van der Waals surface area contributed by atoms with Gasteiger partial charge in [-0.2, -0.15) is 0 Å². The van der Waals surface area contributed by atoms with E-state index in [1.54, 1.807) is 24.5 Å². The third-order valence-corrected chi connectivity index (χ3v) is 3.80. The molecule has 0 aromatic heterocycles. The Bertz CT molecular complexity index is 739. The Kier molecular flexibility index (Phi) is 6.57. The van der Waals surface area contributed by atoms with Crippen LogP contribution in [0.15, 0.2) is 47.5 Å². The van der Waals surface area contributed by atoms with E-state index in [4.69, 9.17) is 9.47 Å². The highest BCUT2D eigenvalue weighted by molar-refractivity contribution is 5.93. The quantitative estimate of drug-likeness (QED) is 0.435. The molecule has 132 valence electrons. The molecule has 0 bridgehead atoms. The Balaban J connectivity index is 2.08. The molecule has 0 fully saturated rings. The highest BCUT2D eigenvalue weighted by Crippen LogP contribution is 2.26. The van der Waals surface area contributed by atoms with Crippen molar-refractivity contribution in [2.75, 3.05) is 20.7 Å². The third-order valence-electron chi connectivity index (χ3n) is 3.80. The average Bonchev–Trinajstić information content (AvgIpc) is 2.65. The number of aliphatic imine (C=N–C) groups is 1. The molecule has 25 heavy (non-hydrogen) atoms. The van der Waals surface area contributed by atoms with Gasteiger partial charge in [0, 0.05) is 19.7 Å². The second kappa shape index (κ2) is 8.87. The van der Waals surface area contributed by atoms with Crippen molar-refractivity contribution in [3.8, 4) is 5.75 Å². The normalized spacial score (nSPS) is 10.7. The molecule has 0 amide bonds. The summed E-state index contributed by atoms with van der Waals surface area (Å²) in [4.78, 5) is 18.7. The van der Waals surface area contributed by atoms with E-state index >= 15 is 0 Å². The zero-order chi connectivity index (χ0) is 18.2. The Morgan fingerprint density at radius 1 is 1.20 bits per heavy atom. The largest absolute Gasteiger partial charge is 0.496 e. The minimum absolute atomic E-state index is 0.226. The summed E-state index contributed by atoms with van der Waals surface area (Å²) in [5.41, 5.74) is 3.22. The van der Waals surface area contributed by atoms with Gasteiger partial charge in [-0.05, 0) is 31.5 Å². The number of aryl methyl sites for hydroxylation is 1. The molecule has 0 heterocycles. The van der Waals surface area contributed by atoms with Gasteiger partial charge in [0.05, 0.1) is 19.1 Å². The second-order valence-electron chi connectivity index (χ2n) is 5.76. The van der Waals surface area contributed by atoms with Crippen LogP contribution < -0.4 is 4.74 Å². The van der Waals surface area contributed by atoms with Crippen molar-refractivity contribution in [1.82, 2.24) is 4.90 Å². The monoisotopic (exact) mass is 340 g/mol. The highest BCUT2D eigenvalue weighted by atomic mass is 16.5. The van der Waals surface area contributed by atoms with Crippen molar-refractivity contribution in [2.24, 2.45) is 4.99 Å². The number of rotatable bonds is 7.